The van der Waals surface area contributed by atoms with Crippen LogP contribution in [-0.4, -0.2) is 49.7 Å². The van der Waals surface area contributed by atoms with Gasteiger partial charge in [-0.25, -0.2) is 17.5 Å². The summed E-state index contributed by atoms with van der Waals surface area (Å²) in [7, 11) is -3.83. The van der Waals surface area contributed by atoms with Crippen molar-refractivity contribution in [3.8, 4) is 0 Å². The molecule has 7 heteroatoms. The van der Waals surface area contributed by atoms with Crippen LogP contribution in [0.15, 0.2) is 29.2 Å². The minimum atomic E-state index is -3.83. The molecule has 1 saturated carbocycles. The number of nitrogens with zero attached hydrogens (tertiary/aromatic N) is 1. The predicted molar refractivity (Wildman–Crippen MR) is 85.0 cm³/mol. The quantitative estimate of drug-likeness (QED) is 0.870. The van der Waals surface area contributed by atoms with Gasteiger partial charge in [-0.3, -0.25) is 4.90 Å². The average Bonchev–Trinajstić information content (AvgIpc) is 3.03. The van der Waals surface area contributed by atoms with E-state index in [0.717, 1.165) is 44.8 Å². The van der Waals surface area contributed by atoms with E-state index in [1.165, 1.54) is 18.2 Å². The Morgan fingerprint density at radius 2 is 1.91 bits per heavy atom. The van der Waals surface area contributed by atoms with Crippen LogP contribution in [0.5, 0.6) is 0 Å². The number of aliphatic hydroxyl groups excluding tert-OH is 1. The zero-order chi connectivity index (χ0) is 16.4. The first kappa shape index (κ1) is 16.8. The number of rotatable bonds is 4. The van der Waals surface area contributed by atoms with Crippen molar-refractivity contribution in [1.82, 2.24) is 9.62 Å². The van der Waals surface area contributed by atoms with Gasteiger partial charge in [0.2, 0.25) is 10.0 Å². The van der Waals surface area contributed by atoms with E-state index in [9.17, 15) is 17.9 Å². The second-order valence-electron chi connectivity index (χ2n) is 6.42. The normalized spacial score (nSPS) is 29.7. The van der Waals surface area contributed by atoms with E-state index >= 15 is 0 Å². The molecule has 0 aromatic heterocycles. The average molecular weight is 342 g/mol. The molecule has 1 saturated heterocycles. The largest absolute Gasteiger partial charge is 0.390 e. The lowest BCUT2D eigenvalue weighted by Gasteiger charge is -2.39. The van der Waals surface area contributed by atoms with Gasteiger partial charge in [0.15, 0.2) is 0 Å². The molecule has 5 nitrogen and oxygen atoms in total. The Hall–Kier alpha value is -1.02. The molecule has 0 unspecified atom stereocenters. The zero-order valence-corrected chi connectivity index (χ0v) is 13.8. The standard InChI is InChI=1S/C16H23FN2O3S/c17-12-5-3-6-13(11-12)23(21,22)18-14-7-4-8-15(16(14)20)19-9-1-2-10-19/h3,5-6,11,14-16,18,20H,1-2,4,7-10H2/t14-,15-,16-/m1/s1. The summed E-state index contributed by atoms with van der Waals surface area (Å²) < 4.78 is 40.7. The van der Waals surface area contributed by atoms with Gasteiger partial charge in [-0.15, -0.1) is 0 Å². The van der Waals surface area contributed by atoms with E-state index in [0.29, 0.717) is 6.42 Å². The highest BCUT2D eigenvalue weighted by atomic mass is 32.2. The molecule has 0 spiro atoms. The third-order valence-corrected chi connectivity index (χ3v) is 6.33. The van der Waals surface area contributed by atoms with Crippen LogP contribution in [-0.2, 0) is 10.0 Å². The fourth-order valence-corrected chi connectivity index (χ4v) is 4.98. The van der Waals surface area contributed by atoms with Crippen LogP contribution in [0, 0.1) is 5.82 Å². The summed E-state index contributed by atoms with van der Waals surface area (Å²) in [5, 5.41) is 10.6. The van der Waals surface area contributed by atoms with Gasteiger partial charge in [0.05, 0.1) is 11.0 Å². The van der Waals surface area contributed by atoms with Crippen molar-refractivity contribution in [1.29, 1.82) is 0 Å². The molecule has 1 aliphatic heterocycles. The molecule has 2 fully saturated rings. The molecular weight excluding hydrogens is 319 g/mol. The number of halogens is 1. The van der Waals surface area contributed by atoms with Gasteiger partial charge >= 0.3 is 0 Å². The molecule has 0 bridgehead atoms. The number of hydrogen-bond donors (Lipinski definition) is 2. The molecule has 0 radical (unpaired) electrons. The van der Waals surface area contributed by atoms with Gasteiger partial charge in [-0.1, -0.05) is 12.5 Å². The number of likely N-dealkylation sites (tertiary alicyclic amines) is 1. The lowest BCUT2D eigenvalue weighted by molar-refractivity contribution is 0.0127. The van der Waals surface area contributed by atoms with Crippen molar-refractivity contribution in [2.24, 2.45) is 0 Å². The third-order valence-electron chi connectivity index (χ3n) is 4.84. The van der Waals surface area contributed by atoms with Gasteiger partial charge < -0.3 is 5.11 Å². The summed E-state index contributed by atoms with van der Waals surface area (Å²) in [6.45, 7) is 1.93. The molecule has 2 N–H and O–H groups in total. The summed E-state index contributed by atoms with van der Waals surface area (Å²) in [6, 6.07) is 4.41. The number of sulfonamides is 1. The van der Waals surface area contributed by atoms with Crippen molar-refractivity contribution < 1.29 is 17.9 Å². The van der Waals surface area contributed by atoms with E-state index in [1.807, 2.05) is 0 Å². The second kappa shape index (κ2) is 6.84. The molecule has 128 valence electrons. The molecule has 1 aromatic carbocycles. The van der Waals surface area contributed by atoms with Crippen molar-refractivity contribution >= 4 is 10.0 Å². The van der Waals surface area contributed by atoms with Crippen LogP contribution >= 0.6 is 0 Å². The molecule has 1 aromatic rings. The second-order valence-corrected chi connectivity index (χ2v) is 8.13. The van der Waals surface area contributed by atoms with E-state index in [-0.39, 0.29) is 10.9 Å². The van der Waals surface area contributed by atoms with Crippen LogP contribution < -0.4 is 4.72 Å². The summed E-state index contributed by atoms with van der Waals surface area (Å²) >= 11 is 0. The molecule has 3 atom stereocenters. The van der Waals surface area contributed by atoms with Crippen molar-refractivity contribution in [3.63, 3.8) is 0 Å². The van der Waals surface area contributed by atoms with Crippen molar-refractivity contribution in [2.45, 2.75) is 55.2 Å². The van der Waals surface area contributed by atoms with E-state index in [2.05, 4.69) is 9.62 Å². The van der Waals surface area contributed by atoms with Crippen molar-refractivity contribution in [2.75, 3.05) is 13.1 Å². The molecule has 23 heavy (non-hydrogen) atoms. The van der Waals surface area contributed by atoms with Crippen LogP contribution in [0.2, 0.25) is 0 Å². The Morgan fingerprint density at radius 3 is 2.61 bits per heavy atom. The molecule has 1 heterocycles. The van der Waals surface area contributed by atoms with Crippen molar-refractivity contribution in [3.05, 3.63) is 30.1 Å². The number of nitrogens with one attached hydrogen (secondary N) is 1. The minimum Gasteiger partial charge on any atom is -0.390 e. The lowest BCUT2D eigenvalue weighted by Crippen LogP contribution is -2.56. The Kier molecular flexibility index (Phi) is 5.01. The highest BCUT2D eigenvalue weighted by molar-refractivity contribution is 7.89. The van der Waals surface area contributed by atoms with Crippen LogP contribution in [0.4, 0.5) is 4.39 Å². The number of hydrogen-bond acceptors (Lipinski definition) is 4. The van der Waals surface area contributed by atoms with Crippen LogP contribution in [0.25, 0.3) is 0 Å². The highest BCUT2D eigenvalue weighted by Gasteiger charge is 2.38. The third kappa shape index (κ3) is 3.74. The molecule has 0 amide bonds. The van der Waals surface area contributed by atoms with Gasteiger partial charge in [0.25, 0.3) is 0 Å². The first-order chi connectivity index (χ1) is 11.0. The highest BCUT2D eigenvalue weighted by Crippen LogP contribution is 2.27. The van der Waals surface area contributed by atoms with Crippen LogP contribution in [0.1, 0.15) is 32.1 Å². The lowest BCUT2D eigenvalue weighted by atomic mass is 9.88. The monoisotopic (exact) mass is 342 g/mol. The topological polar surface area (TPSA) is 69.6 Å². The summed E-state index contributed by atoms with van der Waals surface area (Å²) in [6.07, 6.45) is 3.88. The van der Waals surface area contributed by atoms with Gasteiger partial charge in [-0.2, -0.15) is 0 Å². The van der Waals surface area contributed by atoms with Gasteiger partial charge in [0.1, 0.15) is 5.82 Å². The van der Waals surface area contributed by atoms with E-state index in [1.54, 1.807) is 0 Å². The van der Waals surface area contributed by atoms with E-state index < -0.39 is 28.0 Å². The van der Waals surface area contributed by atoms with Crippen LogP contribution in [0.3, 0.4) is 0 Å². The summed E-state index contributed by atoms with van der Waals surface area (Å²) in [5.41, 5.74) is 0. The fourth-order valence-electron chi connectivity index (χ4n) is 3.66. The Labute approximate surface area is 136 Å². The van der Waals surface area contributed by atoms with Gasteiger partial charge in [0, 0.05) is 12.1 Å². The number of aliphatic hydroxyl groups is 1. The molecule has 2 aliphatic rings. The number of benzene rings is 1. The summed E-state index contributed by atoms with van der Waals surface area (Å²) in [4.78, 5) is 2.15. The smallest absolute Gasteiger partial charge is 0.241 e. The molecule has 1 aliphatic carbocycles. The maximum atomic E-state index is 13.3. The maximum absolute atomic E-state index is 13.3. The first-order valence-corrected chi connectivity index (χ1v) is 9.66. The molecular formula is C16H23FN2O3S. The Balaban J connectivity index is 1.73. The Morgan fingerprint density at radius 1 is 1.17 bits per heavy atom. The van der Waals surface area contributed by atoms with Gasteiger partial charge in [-0.05, 0) is 57.0 Å². The zero-order valence-electron chi connectivity index (χ0n) is 13.0. The predicted octanol–water partition coefficient (Wildman–Crippen LogP) is 1.48. The SMILES string of the molecule is O=S(=O)(N[C@@H]1CCC[C@@H](N2CCCC2)[C@@H]1O)c1cccc(F)c1. The maximum Gasteiger partial charge on any atom is 0.241 e. The first-order valence-electron chi connectivity index (χ1n) is 8.17. The van der Waals surface area contributed by atoms with E-state index in [4.69, 9.17) is 0 Å². The fraction of sp³-hybridized carbons (Fsp3) is 0.625. The Bertz CT molecular complexity index is 646. The summed E-state index contributed by atoms with van der Waals surface area (Å²) in [5.74, 6) is -0.591. The minimum absolute atomic E-state index is 0.00598. The molecule has 3 rings (SSSR count).